The summed E-state index contributed by atoms with van der Waals surface area (Å²) in [7, 11) is 0. The number of amides is 1. The summed E-state index contributed by atoms with van der Waals surface area (Å²) in [4.78, 5) is 46.7. The molecule has 8 nitrogen and oxygen atoms in total. The van der Waals surface area contributed by atoms with Gasteiger partial charge in [-0.3, -0.25) is 19.7 Å². The molecular weight excluding hydrogens is 376 g/mol. The van der Waals surface area contributed by atoms with Crippen molar-refractivity contribution < 1.29 is 24.0 Å². The second-order valence-corrected chi connectivity index (χ2v) is 6.95. The van der Waals surface area contributed by atoms with Crippen molar-refractivity contribution in [3.8, 4) is 0 Å². The van der Waals surface area contributed by atoms with Crippen LogP contribution in [0.1, 0.15) is 46.5 Å². The Balaban J connectivity index is 1.99. The van der Waals surface area contributed by atoms with Crippen molar-refractivity contribution in [2.75, 3.05) is 11.9 Å². The Hall–Kier alpha value is -3.55. The molecule has 152 valence electrons. The number of anilines is 1. The minimum atomic E-state index is -0.939. The number of esters is 1. The lowest BCUT2D eigenvalue weighted by Gasteiger charge is -2.08. The van der Waals surface area contributed by atoms with Crippen LogP contribution in [-0.4, -0.2) is 29.2 Å². The van der Waals surface area contributed by atoms with Gasteiger partial charge in [-0.2, -0.15) is 0 Å². The molecule has 0 spiro atoms. The lowest BCUT2D eigenvalue weighted by molar-refractivity contribution is -0.385. The average molecular weight is 398 g/mol. The zero-order valence-corrected chi connectivity index (χ0v) is 16.4. The van der Waals surface area contributed by atoms with E-state index in [0.29, 0.717) is 23.2 Å². The molecule has 0 radical (unpaired) electrons. The fourth-order valence-electron chi connectivity index (χ4n) is 2.68. The van der Waals surface area contributed by atoms with E-state index in [1.165, 1.54) is 37.3 Å². The van der Waals surface area contributed by atoms with Gasteiger partial charge in [0.1, 0.15) is 5.56 Å². The summed E-state index contributed by atoms with van der Waals surface area (Å²) in [6, 6.07) is 10.5. The zero-order valence-electron chi connectivity index (χ0n) is 16.4. The highest BCUT2D eigenvalue weighted by atomic mass is 16.6. The van der Waals surface area contributed by atoms with Crippen LogP contribution >= 0.6 is 0 Å². The molecule has 0 saturated carbocycles. The molecule has 0 unspecified atom stereocenters. The molecule has 0 aliphatic heterocycles. The van der Waals surface area contributed by atoms with Gasteiger partial charge in [0.25, 0.3) is 5.69 Å². The second-order valence-electron chi connectivity index (χ2n) is 6.95. The summed E-state index contributed by atoms with van der Waals surface area (Å²) < 4.78 is 4.97. The van der Waals surface area contributed by atoms with E-state index in [2.05, 4.69) is 5.32 Å². The molecule has 8 heteroatoms. The van der Waals surface area contributed by atoms with Gasteiger partial charge in [0, 0.05) is 23.2 Å². The first-order valence-corrected chi connectivity index (χ1v) is 9.03. The van der Waals surface area contributed by atoms with E-state index < -0.39 is 23.3 Å². The fraction of sp³-hybridized carbons (Fsp3) is 0.286. The monoisotopic (exact) mass is 398 g/mol. The van der Waals surface area contributed by atoms with Gasteiger partial charge in [-0.05, 0) is 43.2 Å². The molecule has 0 aliphatic rings. The van der Waals surface area contributed by atoms with Crippen molar-refractivity contribution in [1.29, 1.82) is 0 Å². The number of nitro benzene ring substituents is 1. The number of nitro groups is 1. The molecule has 1 amide bonds. The van der Waals surface area contributed by atoms with Crippen LogP contribution in [0, 0.1) is 23.0 Å². The number of ketones is 1. The number of aryl methyl sites for hydroxylation is 1. The first-order chi connectivity index (χ1) is 13.7. The van der Waals surface area contributed by atoms with Crippen LogP contribution in [0.5, 0.6) is 0 Å². The Bertz CT molecular complexity index is 935. The minimum absolute atomic E-state index is 0.118. The predicted molar refractivity (Wildman–Crippen MR) is 107 cm³/mol. The van der Waals surface area contributed by atoms with Crippen LogP contribution in [0.4, 0.5) is 11.4 Å². The number of nitrogens with one attached hydrogen (secondary N) is 1. The van der Waals surface area contributed by atoms with Gasteiger partial charge in [0.05, 0.1) is 4.92 Å². The van der Waals surface area contributed by atoms with E-state index >= 15 is 0 Å². The molecule has 29 heavy (non-hydrogen) atoms. The highest BCUT2D eigenvalue weighted by Gasteiger charge is 2.24. The number of benzene rings is 2. The third kappa shape index (κ3) is 5.97. The molecule has 0 aromatic heterocycles. The summed E-state index contributed by atoms with van der Waals surface area (Å²) in [6.07, 6.45) is 0.391. The van der Waals surface area contributed by atoms with Gasteiger partial charge in [-0.1, -0.05) is 26.0 Å². The van der Waals surface area contributed by atoms with E-state index in [-0.39, 0.29) is 23.1 Å². The van der Waals surface area contributed by atoms with Gasteiger partial charge in [-0.15, -0.1) is 0 Å². The fourth-order valence-corrected chi connectivity index (χ4v) is 2.68. The van der Waals surface area contributed by atoms with Crippen molar-refractivity contribution in [2.45, 2.75) is 27.2 Å². The summed E-state index contributed by atoms with van der Waals surface area (Å²) in [5.74, 6) is -1.29. The lowest BCUT2D eigenvalue weighted by atomic mass is 10.1. The van der Waals surface area contributed by atoms with Crippen molar-refractivity contribution in [1.82, 2.24) is 0 Å². The van der Waals surface area contributed by atoms with Crippen LogP contribution in [0.3, 0.4) is 0 Å². The number of nitrogens with zero attached hydrogens (tertiary/aromatic N) is 1. The molecule has 0 atom stereocenters. The third-order valence-corrected chi connectivity index (χ3v) is 4.06. The normalized spacial score (nSPS) is 10.5. The van der Waals surface area contributed by atoms with Crippen molar-refractivity contribution in [3.05, 3.63) is 69.3 Å². The molecular formula is C21H22N2O6. The van der Waals surface area contributed by atoms with E-state index in [1.54, 1.807) is 12.1 Å². The van der Waals surface area contributed by atoms with E-state index in [1.807, 2.05) is 13.8 Å². The van der Waals surface area contributed by atoms with E-state index in [0.717, 1.165) is 0 Å². The molecule has 0 saturated heterocycles. The summed E-state index contributed by atoms with van der Waals surface area (Å²) >= 11 is 0. The Morgan fingerprint density at radius 3 is 2.34 bits per heavy atom. The quantitative estimate of drug-likeness (QED) is 0.312. The van der Waals surface area contributed by atoms with Crippen molar-refractivity contribution in [3.63, 3.8) is 0 Å². The standard InChI is InChI=1S/C21H22N2O6/c1-13(2)11-19(25)22-16-9-7-15(8-10-16)18(24)12-29-21(26)17-6-4-5-14(3)20(17)23(27)28/h4-10,13H,11-12H2,1-3H3,(H,22,25). The summed E-state index contributed by atoms with van der Waals surface area (Å²) in [5, 5.41) is 13.9. The molecule has 2 aromatic carbocycles. The Morgan fingerprint density at radius 1 is 1.10 bits per heavy atom. The number of hydrogen-bond acceptors (Lipinski definition) is 6. The van der Waals surface area contributed by atoms with E-state index in [4.69, 9.17) is 4.74 Å². The van der Waals surface area contributed by atoms with Crippen LogP contribution in [0.25, 0.3) is 0 Å². The summed E-state index contributed by atoms with van der Waals surface area (Å²) in [6.45, 7) is 4.84. The molecule has 0 fully saturated rings. The number of Topliss-reactive ketones (excluding diaryl/α,β-unsaturated/α-hetero) is 1. The van der Waals surface area contributed by atoms with E-state index in [9.17, 15) is 24.5 Å². The topological polar surface area (TPSA) is 116 Å². The number of rotatable bonds is 8. The second kappa shape index (κ2) is 9.59. The maximum absolute atomic E-state index is 12.2. The van der Waals surface area contributed by atoms with Crippen molar-refractivity contribution in [2.24, 2.45) is 5.92 Å². The van der Waals surface area contributed by atoms with Gasteiger partial charge in [0.15, 0.2) is 12.4 Å². The van der Waals surface area contributed by atoms with Crippen LogP contribution in [-0.2, 0) is 9.53 Å². The molecule has 2 aromatic rings. The van der Waals surface area contributed by atoms with Gasteiger partial charge in [-0.25, -0.2) is 4.79 Å². The first kappa shape index (κ1) is 21.7. The Labute approximate surface area is 168 Å². The average Bonchev–Trinajstić information content (AvgIpc) is 2.65. The van der Waals surface area contributed by atoms with Crippen LogP contribution < -0.4 is 5.32 Å². The number of carbonyl (C=O) groups excluding carboxylic acids is 3. The Kier molecular flexibility index (Phi) is 7.19. The van der Waals surface area contributed by atoms with Gasteiger partial charge < -0.3 is 10.1 Å². The lowest BCUT2D eigenvalue weighted by Crippen LogP contribution is -2.16. The highest BCUT2D eigenvalue weighted by Crippen LogP contribution is 2.23. The maximum atomic E-state index is 12.2. The Morgan fingerprint density at radius 2 is 1.76 bits per heavy atom. The molecule has 1 N–H and O–H groups in total. The molecule has 0 aliphatic carbocycles. The number of carbonyl (C=O) groups is 3. The van der Waals surface area contributed by atoms with Gasteiger partial charge >= 0.3 is 5.97 Å². The van der Waals surface area contributed by atoms with Crippen LogP contribution in [0.2, 0.25) is 0 Å². The zero-order chi connectivity index (χ0) is 21.6. The van der Waals surface area contributed by atoms with Crippen LogP contribution in [0.15, 0.2) is 42.5 Å². The predicted octanol–water partition coefficient (Wildman–Crippen LogP) is 3.93. The first-order valence-electron chi connectivity index (χ1n) is 9.03. The summed E-state index contributed by atoms with van der Waals surface area (Å²) in [5.41, 5.74) is 0.626. The smallest absolute Gasteiger partial charge is 0.345 e. The molecule has 0 bridgehead atoms. The number of ether oxygens (including phenoxy) is 1. The minimum Gasteiger partial charge on any atom is -0.454 e. The SMILES string of the molecule is Cc1cccc(C(=O)OCC(=O)c2ccc(NC(=O)CC(C)C)cc2)c1[N+](=O)[O-]. The molecule has 2 rings (SSSR count). The van der Waals surface area contributed by atoms with Gasteiger partial charge in [0.2, 0.25) is 5.91 Å². The molecule has 0 heterocycles. The maximum Gasteiger partial charge on any atom is 0.345 e. The largest absolute Gasteiger partial charge is 0.454 e. The highest BCUT2D eigenvalue weighted by molar-refractivity contribution is 6.01. The number of para-hydroxylation sites is 1. The number of hydrogen-bond donors (Lipinski definition) is 1. The third-order valence-electron chi connectivity index (χ3n) is 4.06. The van der Waals surface area contributed by atoms with Crippen molar-refractivity contribution >= 4 is 29.0 Å².